The van der Waals surface area contributed by atoms with Crippen LogP contribution in [-0.2, 0) is 15.3 Å². The van der Waals surface area contributed by atoms with Crippen molar-refractivity contribution >= 4 is 65.1 Å². The smallest absolute Gasteiger partial charge is 0.255 e. The van der Waals surface area contributed by atoms with Crippen LogP contribution in [0.25, 0.3) is 31.6 Å². The lowest BCUT2D eigenvalue weighted by Crippen LogP contribution is -2.14. The van der Waals surface area contributed by atoms with Crippen molar-refractivity contribution in [2.45, 2.75) is 36.0 Å². The van der Waals surface area contributed by atoms with Crippen molar-refractivity contribution in [1.29, 1.82) is 0 Å². The fourth-order valence-electron chi connectivity index (χ4n) is 5.60. The van der Waals surface area contributed by atoms with Crippen LogP contribution in [0.15, 0.2) is 136 Å². The summed E-state index contributed by atoms with van der Waals surface area (Å²) >= 11 is 1.49. The molecule has 0 spiro atoms. The van der Waals surface area contributed by atoms with E-state index in [1.54, 1.807) is 42.5 Å². The number of amides is 1. The van der Waals surface area contributed by atoms with Gasteiger partial charge in [0.05, 0.1) is 30.6 Å². The van der Waals surface area contributed by atoms with Crippen molar-refractivity contribution in [1.82, 2.24) is 4.98 Å². The number of carbonyl (C=O) groups excluding carboxylic acids is 1. The number of sulfone groups is 1. The first kappa shape index (κ1) is 31.2. The number of anilines is 3. The molecule has 9 heteroatoms. The van der Waals surface area contributed by atoms with Crippen molar-refractivity contribution in [2.75, 3.05) is 10.6 Å². The topological polar surface area (TPSA) is 105 Å². The number of nitrogens with zero attached hydrogens (tertiary/aromatic N) is 1. The van der Waals surface area contributed by atoms with Crippen LogP contribution in [-0.4, -0.2) is 19.3 Å². The summed E-state index contributed by atoms with van der Waals surface area (Å²) in [7, 11) is -3.85. The van der Waals surface area contributed by atoms with E-state index in [1.165, 1.54) is 35.6 Å². The van der Waals surface area contributed by atoms with Crippen LogP contribution in [0, 0.1) is 0 Å². The predicted molar refractivity (Wildman–Crippen MR) is 195 cm³/mol. The molecule has 0 saturated carbocycles. The summed E-state index contributed by atoms with van der Waals surface area (Å²) in [5, 5.41) is 7.43. The van der Waals surface area contributed by atoms with E-state index in [0.717, 1.165) is 31.7 Å². The average Bonchev–Trinajstić information content (AvgIpc) is 3.09. The van der Waals surface area contributed by atoms with Gasteiger partial charge < -0.3 is 10.6 Å². The van der Waals surface area contributed by atoms with E-state index in [9.17, 15) is 18.0 Å². The van der Waals surface area contributed by atoms with Crippen molar-refractivity contribution in [3.05, 3.63) is 143 Å². The molecule has 2 N–H and O–H groups in total. The van der Waals surface area contributed by atoms with Crippen molar-refractivity contribution in [3.8, 4) is 10.6 Å². The SMILES string of the molecule is CC(C)(C)c1ccc(C(=O)Nc2ccc(S(=O)(=O)c3ccc(Nc4c5sc6ccccc6nc-5c5ccccc5c4=O)cc3)cc2)cc1. The number of carbonyl (C=O) groups is 1. The summed E-state index contributed by atoms with van der Waals surface area (Å²) in [6.07, 6.45) is 0. The maximum absolute atomic E-state index is 13.7. The number of benzene rings is 6. The zero-order valence-corrected chi connectivity index (χ0v) is 28.1. The summed E-state index contributed by atoms with van der Waals surface area (Å²) in [4.78, 5) is 32.3. The van der Waals surface area contributed by atoms with Crippen LogP contribution < -0.4 is 16.1 Å². The minimum absolute atomic E-state index is 0.0203. The second kappa shape index (κ2) is 12.0. The molecule has 0 saturated heterocycles. The summed E-state index contributed by atoms with van der Waals surface area (Å²) < 4.78 is 28.0. The second-order valence-corrected chi connectivity index (χ2v) is 15.6. The second-order valence-electron chi connectivity index (χ2n) is 12.6. The molecule has 1 aliphatic carbocycles. The van der Waals surface area contributed by atoms with Crippen molar-refractivity contribution < 1.29 is 13.2 Å². The molecule has 7 nitrogen and oxygen atoms in total. The third-order valence-corrected chi connectivity index (χ3v) is 11.2. The van der Waals surface area contributed by atoms with Gasteiger partial charge in [-0.25, -0.2) is 13.4 Å². The molecule has 0 unspecified atom stereocenters. The maximum Gasteiger partial charge on any atom is 0.255 e. The molecule has 0 fully saturated rings. The van der Waals surface area contributed by atoms with Gasteiger partial charge in [0.1, 0.15) is 5.69 Å². The van der Waals surface area contributed by atoms with Crippen LogP contribution in [0.2, 0.25) is 0 Å². The molecule has 238 valence electrons. The van der Waals surface area contributed by atoms with Crippen LogP contribution >= 0.6 is 11.3 Å². The van der Waals surface area contributed by atoms with E-state index in [2.05, 4.69) is 31.4 Å². The van der Waals surface area contributed by atoms with Crippen LogP contribution in [0.3, 0.4) is 0 Å². The monoisotopic (exact) mass is 669 g/mol. The predicted octanol–water partition coefficient (Wildman–Crippen LogP) is 9.04. The summed E-state index contributed by atoms with van der Waals surface area (Å²) in [6.45, 7) is 6.33. The Morgan fingerprint density at radius 2 is 1.29 bits per heavy atom. The Kier molecular flexibility index (Phi) is 7.81. The number of para-hydroxylation sites is 1. The maximum atomic E-state index is 13.7. The Labute approximate surface area is 282 Å². The zero-order valence-electron chi connectivity index (χ0n) is 26.4. The number of fused-ring (bicyclic) bond motifs is 4. The normalized spacial score (nSPS) is 12.0. The Bertz CT molecular complexity index is 2470. The van der Waals surface area contributed by atoms with E-state index in [1.807, 2.05) is 54.6 Å². The molecule has 0 bridgehead atoms. The van der Waals surface area contributed by atoms with Crippen molar-refractivity contribution in [3.63, 3.8) is 0 Å². The molecule has 2 aliphatic rings. The van der Waals surface area contributed by atoms with Gasteiger partial charge >= 0.3 is 0 Å². The Balaban J connectivity index is 1.13. The first-order valence-corrected chi connectivity index (χ1v) is 17.7. The van der Waals surface area contributed by atoms with E-state index < -0.39 is 9.84 Å². The summed E-state index contributed by atoms with van der Waals surface area (Å²) in [6, 6.07) is 35.1. The summed E-state index contributed by atoms with van der Waals surface area (Å²) in [5.74, 6) is -0.278. The van der Waals surface area contributed by atoms with Crippen LogP contribution in [0.4, 0.5) is 17.1 Å². The summed E-state index contributed by atoms with van der Waals surface area (Å²) in [5.41, 5.74) is 4.49. The largest absolute Gasteiger partial charge is 0.351 e. The molecular formula is C39H31N3O4S2. The third kappa shape index (κ3) is 5.83. The first-order chi connectivity index (χ1) is 23.0. The van der Waals surface area contributed by atoms with Gasteiger partial charge in [0, 0.05) is 27.7 Å². The highest BCUT2D eigenvalue weighted by Crippen LogP contribution is 2.40. The molecule has 1 amide bonds. The van der Waals surface area contributed by atoms with Gasteiger partial charge in [-0.2, -0.15) is 0 Å². The van der Waals surface area contributed by atoms with Gasteiger partial charge in [0.15, 0.2) is 0 Å². The van der Waals surface area contributed by atoms with Crippen LogP contribution in [0.1, 0.15) is 36.7 Å². The highest BCUT2D eigenvalue weighted by molar-refractivity contribution is 7.91. The highest BCUT2D eigenvalue weighted by Gasteiger charge is 2.22. The van der Waals surface area contributed by atoms with Gasteiger partial charge in [-0.3, -0.25) is 9.59 Å². The lowest BCUT2D eigenvalue weighted by molar-refractivity contribution is 0.102. The van der Waals surface area contributed by atoms with Gasteiger partial charge in [0.2, 0.25) is 15.3 Å². The number of hydrogen-bond donors (Lipinski definition) is 2. The lowest BCUT2D eigenvalue weighted by atomic mass is 9.87. The molecule has 0 atom stereocenters. The van der Waals surface area contributed by atoms with Gasteiger partial charge in [-0.05, 0) is 83.8 Å². The third-order valence-electron chi connectivity index (χ3n) is 8.28. The fourth-order valence-corrected chi connectivity index (χ4v) is 7.94. The molecular weight excluding hydrogens is 639 g/mol. The van der Waals surface area contributed by atoms with E-state index in [-0.39, 0.29) is 26.5 Å². The van der Waals surface area contributed by atoms with E-state index >= 15 is 0 Å². The van der Waals surface area contributed by atoms with E-state index in [4.69, 9.17) is 4.98 Å². The molecule has 48 heavy (non-hydrogen) atoms. The molecule has 1 heterocycles. The Morgan fingerprint density at radius 3 is 1.94 bits per heavy atom. The van der Waals surface area contributed by atoms with Gasteiger partial charge in [-0.1, -0.05) is 69.3 Å². The minimum atomic E-state index is -3.85. The average molecular weight is 670 g/mol. The van der Waals surface area contributed by atoms with Crippen LogP contribution in [0.5, 0.6) is 0 Å². The molecule has 7 rings (SSSR count). The quantitative estimate of drug-likeness (QED) is 0.135. The lowest BCUT2D eigenvalue weighted by Gasteiger charge is -2.19. The fraction of sp³-hybridized carbons (Fsp3) is 0.103. The number of rotatable bonds is 6. The number of nitrogens with one attached hydrogen (secondary N) is 2. The molecule has 5 aromatic rings. The molecule has 0 radical (unpaired) electrons. The molecule has 5 aromatic carbocycles. The Morgan fingerprint density at radius 1 is 0.708 bits per heavy atom. The minimum Gasteiger partial charge on any atom is -0.351 e. The number of aromatic nitrogens is 1. The Hall–Kier alpha value is -5.38. The van der Waals surface area contributed by atoms with Gasteiger partial charge in [0.25, 0.3) is 5.91 Å². The van der Waals surface area contributed by atoms with E-state index in [0.29, 0.717) is 28.0 Å². The van der Waals surface area contributed by atoms with Crippen molar-refractivity contribution in [2.24, 2.45) is 0 Å². The standard InChI is InChI=1S/C39H31N3O4S2/c1-39(2,3)25-14-12-24(13-15-25)38(44)41-27-18-22-29(23-19-27)48(45,46)28-20-16-26(17-21-28)40-35-36(43)31-9-5-4-8-30(31)34-37(35)47-33-11-7-6-10-32(33)42-34/h4-23,40H,1-3H3,(H,41,44). The van der Waals surface area contributed by atoms with Gasteiger partial charge in [-0.15, -0.1) is 11.3 Å². The molecule has 1 aliphatic heterocycles. The highest BCUT2D eigenvalue weighted by atomic mass is 32.2. The first-order valence-electron chi connectivity index (χ1n) is 15.4. The number of hydrogen-bond acceptors (Lipinski definition) is 7. The zero-order chi connectivity index (χ0) is 33.6. The molecule has 0 aromatic heterocycles.